The van der Waals surface area contributed by atoms with Crippen LogP contribution in [0.4, 0.5) is 5.95 Å². The second-order valence-electron chi connectivity index (χ2n) is 5.29. The molecule has 3 heterocycles. The number of hydrogen-bond acceptors (Lipinski definition) is 4. The van der Waals surface area contributed by atoms with Crippen molar-refractivity contribution >= 4 is 18.2 Å². The Hall–Kier alpha value is -0.880. The van der Waals surface area contributed by atoms with E-state index >= 15 is 0 Å². The average Bonchev–Trinajstić information content (AvgIpc) is 2.59. The van der Waals surface area contributed by atoms with E-state index < -0.39 is 0 Å². The van der Waals surface area contributed by atoms with E-state index in [-0.39, 0.29) is 0 Å². The monoisotopic (exact) mass is 253 g/mol. The number of nitrogen functional groups attached to an aromatic ring is 1. The Morgan fingerprint density at radius 3 is 2.47 bits per heavy atom. The molecule has 6 heteroatoms. The lowest BCUT2D eigenvalue weighted by molar-refractivity contribution is 0.0401. The zero-order chi connectivity index (χ0) is 12.0. The number of nitrogens with zero attached hydrogens (tertiary/aromatic N) is 3. The molecule has 5 nitrogen and oxygen atoms in total. The summed E-state index contributed by atoms with van der Waals surface area (Å²) in [4.78, 5) is 2.54. The van der Waals surface area contributed by atoms with Crippen LogP contribution < -0.4 is 5.73 Å². The summed E-state index contributed by atoms with van der Waals surface area (Å²) in [5, 5.41) is 6.80. The Morgan fingerprint density at radius 2 is 1.94 bits per heavy atom. The van der Waals surface area contributed by atoms with Crippen LogP contribution in [0.5, 0.6) is 0 Å². The highest BCUT2D eigenvalue weighted by atomic mass is 32.1. The Balaban J connectivity index is 1.89. The second kappa shape index (κ2) is 4.10. The van der Waals surface area contributed by atoms with E-state index in [9.17, 15) is 0 Å². The number of aromatic amines is 1. The fourth-order valence-corrected chi connectivity index (χ4v) is 3.76. The van der Waals surface area contributed by atoms with E-state index in [0.717, 1.165) is 12.8 Å². The minimum Gasteiger partial charge on any atom is -0.368 e. The van der Waals surface area contributed by atoms with Crippen LogP contribution in [0, 0.1) is 4.77 Å². The SMILES string of the molecule is CN1C2CCCC1CC(n1c(N)n[nH]c1=S)C2. The van der Waals surface area contributed by atoms with Gasteiger partial charge in [0.25, 0.3) is 0 Å². The molecule has 2 atom stereocenters. The molecule has 2 saturated heterocycles. The largest absolute Gasteiger partial charge is 0.368 e. The fourth-order valence-electron chi connectivity index (χ4n) is 3.47. The van der Waals surface area contributed by atoms with Gasteiger partial charge < -0.3 is 10.6 Å². The third kappa shape index (κ3) is 1.79. The summed E-state index contributed by atoms with van der Waals surface area (Å²) < 4.78 is 2.67. The van der Waals surface area contributed by atoms with Gasteiger partial charge >= 0.3 is 0 Å². The number of piperidine rings is 2. The molecular formula is C11H19N5S. The normalized spacial score (nSPS) is 33.8. The molecule has 2 aliphatic heterocycles. The molecule has 2 fully saturated rings. The number of nitrogens with two attached hydrogens (primary N) is 1. The molecule has 2 bridgehead atoms. The lowest BCUT2D eigenvalue weighted by atomic mass is 9.82. The van der Waals surface area contributed by atoms with Gasteiger partial charge in [-0.2, -0.15) is 0 Å². The number of nitrogens with one attached hydrogen (secondary N) is 1. The fraction of sp³-hybridized carbons (Fsp3) is 0.818. The van der Waals surface area contributed by atoms with Gasteiger partial charge in [-0.05, 0) is 44.9 Å². The lowest BCUT2D eigenvalue weighted by Crippen LogP contribution is -2.50. The molecule has 94 valence electrons. The number of hydrogen-bond donors (Lipinski definition) is 2. The first-order chi connectivity index (χ1) is 8.16. The van der Waals surface area contributed by atoms with Crippen molar-refractivity contribution in [2.75, 3.05) is 12.8 Å². The zero-order valence-corrected chi connectivity index (χ0v) is 10.9. The van der Waals surface area contributed by atoms with E-state index in [1.807, 2.05) is 4.57 Å². The van der Waals surface area contributed by atoms with Crippen LogP contribution in [0.1, 0.15) is 38.1 Å². The summed E-state index contributed by atoms with van der Waals surface area (Å²) in [6, 6.07) is 1.79. The lowest BCUT2D eigenvalue weighted by Gasteiger charge is -2.47. The number of aromatic nitrogens is 3. The van der Waals surface area contributed by atoms with Crippen molar-refractivity contribution in [3.8, 4) is 0 Å². The van der Waals surface area contributed by atoms with Crippen molar-refractivity contribution in [3.63, 3.8) is 0 Å². The van der Waals surface area contributed by atoms with Crippen molar-refractivity contribution in [1.82, 2.24) is 19.7 Å². The van der Waals surface area contributed by atoms with Crippen LogP contribution in [0.2, 0.25) is 0 Å². The molecule has 2 unspecified atom stereocenters. The zero-order valence-electron chi connectivity index (χ0n) is 10.1. The Bertz CT molecular complexity index is 451. The van der Waals surface area contributed by atoms with Crippen molar-refractivity contribution in [3.05, 3.63) is 4.77 Å². The van der Waals surface area contributed by atoms with Gasteiger partial charge in [0.15, 0.2) is 4.77 Å². The minimum atomic E-state index is 0.424. The van der Waals surface area contributed by atoms with Gasteiger partial charge in [0.1, 0.15) is 0 Å². The summed E-state index contributed by atoms with van der Waals surface area (Å²) in [5.41, 5.74) is 5.90. The molecule has 0 aromatic carbocycles. The maximum atomic E-state index is 5.90. The van der Waals surface area contributed by atoms with Crippen molar-refractivity contribution in [1.29, 1.82) is 0 Å². The smallest absolute Gasteiger partial charge is 0.220 e. The van der Waals surface area contributed by atoms with Crippen LogP contribution >= 0.6 is 12.2 Å². The van der Waals surface area contributed by atoms with Crippen LogP contribution in [-0.4, -0.2) is 38.8 Å². The van der Waals surface area contributed by atoms with Gasteiger partial charge in [-0.1, -0.05) is 6.42 Å². The van der Waals surface area contributed by atoms with Crippen LogP contribution in [-0.2, 0) is 0 Å². The quantitative estimate of drug-likeness (QED) is 0.748. The number of anilines is 1. The van der Waals surface area contributed by atoms with Gasteiger partial charge in [-0.25, -0.2) is 5.10 Å². The predicted octanol–water partition coefficient (Wildman–Crippen LogP) is 1.71. The maximum absolute atomic E-state index is 5.90. The van der Waals surface area contributed by atoms with Gasteiger partial charge in [-0.3, -0.25) is 4.57 Å². The molecule has 0 amide bonds. The Kier molecular flexibility index (Phi) is 2.71. The molecule has 0 radical (unpaired) electrons. The third-order valence-electron chi connectivity index (χ3n) is 4.41. The molecular weight excluding hydrogens is 234 g/mol. The summed E-state index contributed by atoms with van der Waals surface area (Å²) in [6.07, 6.45) is 6.25. The van der Waals surface area contributed by atoms with Crippen molar-refractivity contribution in [2.24, 2.45) is 0 Å². The van der Waals surface area contributed by atoms with Crippen LogP contribution in [0.25, 0.3) is 0 Å². The highest BCUT2D eigenvalue weighted by Crippen LogP contribution is 2.38. The van der Waals surface area contributed by atoms with Gasteiger partial charge in [0.2, 0.25) is 5.95 Å². The number of rotatable bonds is 1. The molecule has 17 heavy (non-hydrogen) atoms. The molecule has 3 rings (SSSR count). The van der Waals surface area contributed by atoms with Crippen molar-refractivity contribution < 1.29 is 0 Å². The summed E-state index contributed by atoms with van der Waals surface area (Å²) >= 11 is 5.27. The van der Waals surface area contributed by atoms with Gasteiger partial charge in [0.05, 0.1) is 0 Å². The molecule has 0 spiro atoms. The average molecular weight is 253 g/mol. The summed E-state index contributed by atoms with van der Waals surface area (Å²) in [6.45, 7) is 0. The molecule has 2 aliphatic rings. The molecule has 1 aromatic rings. The first kappa shape index (κ1) is 11.2. The van der Waals surface area contributed by atoms with E-state index in [4.69, 9.17) is 18.0 Å². The standard InChI is InChI=1S/C11H19N5S/c1-15-7-3-2-4-8(15)6-9(5-7)16-10(12)13-14-11(16)17/h7-9H,2-6H2,1H3,(H2,12,13)(H,14,17). The first-order valence-corrected chi connectivity index (χ1v) is 6.72. The Labute approximate surface area is 106 Å². The second-order valence-corrected chi connectivity index (χ2v) is 5.67. The highest BCUT2D eigenvalue weighted by Gasteiger charge is 2.37. The van der Waals surface area contributed by atoms with Crippen molar-refractivity contribution in [2.45, 2.75) is 50.2 Å². The van der Waals surface area contributed by atoms with E-state index in [0.29, 0.717) is 28.8 Å². The van der Waals surface area contributed by atoms with Crippen LogP contribution in [0.15, 0.2) is 0 Å². The number of fused-ring (bicyclic) bond motifs is 2. The van der Waals surface area contributed by atoms with Gasteiger partial charge in [0, 0.05) is 18.1 Å². The third-order valence-corrected chi connectivity index (χ3v) is 4.70. The highest BCUT2D eigenvalue weighted by molar-refractivity contribution is 7.71. The van der Waals surface area contributed by atoms with Gasteiger partial charge in [-0.15, -0.1) is 5.10 Å². The topological polar surface area (TPSA) is 62.9 Å². The summed E-state index contributed by atoms with van der Waals surface area (Å²) in [5.74, 6) is 0.530. The molecule has 0 saturated carbocycles. The van der Waals surface area contributed by atoms with E-state index in [2.05, 4.69) is 22.1 Å². The number of H-pyrrole nitrogens is 1. The molecule has 3 N–H and O–H groups in total. The molecule has 1 aromatic heterocycles. The molecule has 0 aliphatic carbocycles. The van der Waals surface area contributed by atoms with E-state index in [1.54, 1.807) is 0 Å². The predicted molar refractivity (Wildman–Crippen MR) is 69.3 cm³/mol. The maximum Gasteiger partial charge on any atom is 0.220 e. The van der Waals surface area contributed by atoms with E-state index in [1.165, 1.54) is 19.3 Å². The summed E-state index contributed by atoms with van der Waals surface area (Å²) in [7, 11) is 2.25. The Morgan fingerprint density at radius 1 is 1.29 bits per heavy atom. The first-order valence-electron chi connectivity index (χ1n) is 6.31. The minimum absolute atomic E-state index is 0.424. The van der Waals surface area contributed by atoms with Crippen LogP contribution in [0.3, 0.4) is 0 Å².